The predicted molar refractivity (Wildman–Crippen MR) is 224 cm³/mol. The maximum Gasteiger partial charge on any atom is 0.169 e. The van der Waals surface area contributed by atoms with Crippen LogP contribution in [-0.4, -0.2) is 16.2 Å². The number of para-hydroxylation sites is 2. The molecule has 4 nitrogen and oxygen atoms in total. The van der Waals surface area contributed by atoms with E-state index in [9.17, 15) is 0 Å². The van der Waals surface area contributed by atoms with Crippen molar-refractivity contribution in [2.24, 2.45) is 9.98 Å². The first-order chi connectivity index (χ1) is 26.2. The number of nitrogens with one attached hydrogen (secondary N) is 1. The van der Waals surface area contributed by atoms with Crippen LogP contribution in [0.15, 0.2) is 198 Å². The summed E-state index contributed by atoms with van der Waals surface area (Å²) in [6.07, 6.45) is 20.5. The third-order valence-corrected chi connectivity index (χ3v) is 10.4. The number of rotatable bonds is 8. The standard InChI is InChI=1S/C49H40N4/c1-2-34-31-39-32-37(38-28-30-44-43-23-14-15-25-45(43)53(46(44)33-38)40-21-12-7-13-22-40)27-29-42(39)41(34)24-16-26-47-50-48(35-17-8-4-3-5-9-18-35)52-49(51-47)36-19-10-6-11-20-36/h2-4,6-7,9-25,27-30,32-33,49H,1,5,8,26,31H2,(H,50,51,52)/b4-3-,18-9?,24-16-,35-17?. The second-order valence-corrected chi connectivity index (χ2v) is 13.7. The minimum Gasteiger partial charge on any atom is -0.328 e. The van der Waals surface area contributed by atoms with Gasteiger partial charge in [-0.05, 0) is 82.5 Å². The average molecular weight is 685 g/mol. The summed E-state index contributed by atoms with van der Waals surface area (Å²) in [6.45, 7) is 4.20. The largest absolute Gasteiger partial charge is 0.328 e. The molecule has 1 atom stereocenters. The molecule has 1 N–H and O–H groups in total. The van der Waals surface area contributed by atoms with Crippen LogP contribution in [0.4, 0.5) is 0 Å². The molecule has 256 valence electrons. The molecule has 9 rings (SSSR count). The van der Waals surface area contributed by atoms with Gasteiger partial charge in [-0.3, -0.25) is 0 Å². The second-order valence-electron chi connectivity index (χ2n) is 13.7. The molecule has 1 aromatic heterocycles. The van der Waals surface area contributed by atoms with E-state index >= 15 is 0 Å². The van der Waals surface area contributed by atoms with Crippen LogP contribution in [0.3, 0.4) is 0 Å². The van der Waals surface area contributed by atoms with Gasteiger partial charge in [0.25, 0.3) is 0 Å². The number of hydrogen-bond donors (Lipinski definition) is 1. The smallest absolute Gasteiger partial charge is 0.169 e. The molecule has 0 fully saturated rings. The van der Waals surface area contributed by atoms with Gasteiger partial charge in [0, 0.05) is 28.5 Å². The van der Waals surface area contributed by atoms with E-state index in [1.165, 1.54) is 60.9 Å². The highest BCUT2D eigenvalue weighted by Crippen LogP contribution is 2.39. The van der Waals surface area contributed by atoms with Gasteiger partial charge in [0.05, 0.1) is 11.0 Å². The molecule has 53 heavy (non-hydrogen) atoms. The zero-order valence-electron chi connectivity index (χ0n) is 29.6. The Labute approximate surface area is 311 Å². The molecule has 1 aliphatic heterocycles. The lowest BCUT2D eigenvalue weighted by Crippen LogP contribution is -2.35. The van der Waals surface area contributed by atoms with Crippen molar-refractivity contribution in [2.75, 3.05) is 0 Å². The molecule has 4 heteroatoms. The van der Waals surface area contributed by atoms with E-state index in [1.54, 1.807) is 0 Å². The first kappa shape index (κ1) is 32.4. The van der Waals surface area contributed by atoms with E-state index in [-0.39, 0.29) is 6.17 Å². The number of fused-ring (bicyclic) bond motifs is 4. The van der Waals surface area contributed by atoms with Gasteiger partial charge in [-0.25, -0.2) is 9.98 Å². The summed E-state index contributed by atoms with van der Waals surface area (Å²) < 4.78 is 2.38. The molecular weight excluding hydrogens is 645 g/mol. The van der Waals surface area contributed by atoms with Crippen molar-refractivity contribution in [3.05, 3.63) is 204 Å². The molecule has 0 spiro atoms. The summed E-state index contributed by atoms with van der Waals surface area (Å²) in [6, 6.07) is 43.5. The molecule has 2 aliphatic carbocycles. The third-order valence-electron chi connectivity index (χ3n) is 10.4. The van der Waals surface area contributed by atoms with Gasteiger partial charge in [-0.2, -0.15) is 0 Å². The lowest BCUT2D eigenvalue weighted by atomic mass is 9.97. The lowest BCUT2D eigenvalue weighted by molar-refractivity contribution is 0.750. The molecule has 0 bridgehead atoms. The van der Waals surface area contributed by atoms with Crippen LogP contribution in [-0.2, 0) is 6.42 Å². The van der Waals surface area contributed by atoms with Crippen molar-refractivity contribution in [1.82, 2.24) is 9.88 Å². The van der Waals surface area contributed by atoms with Crippen LogP contribution >= 0.6 is 0 Å². The van der Waals surface area contributed by atoms with Gasteiger partial charge < -0.3 is 9.88 Å². The fourth-order valence-electron chi connectivity index (χ4n) is 7.76. The van der Waals surface area contributed by atoms with Crippen molar-refractivity contribution in [3.63, 3.8) is 0 Å². The lowest BCUT2D eigenvalue weighted by Gasteiger charge is -2.22. The van der Waals surface area contributed by atoms with E-state index in [1.807, 2.05) is 12.1 Å². The van der Waals surface area contributed by atoms with Crippen LogP contribution in [0.2, 0.25) is 0 Å². The monoisotopic (exact) mass is 684 g/mol. The van der Waals surface area contributed by atoms with Crippen LogP contribution in [0.1, 0.15) is 42.1 Å². The van der Waals surface area contributed by atoms with Crippen LogP contribution < -0.4 is 5.32 Å². The van der Waals surface area contributed by atoms with E-state index in [0.717, 1.165) is 42.1 Å². The zero-order valence-corrected chi connectivity index (χ0v) is 29.6. The zero-order chi connectivity index (χ0) is 35.6. The number of hydrogen-bond acceptors (Lipinski definition) is 3. The van der Waals surface area contributed by atoms with Gasteiger partial charge in [0.1, 0.15) is 11.7 Å². The Kier molecular flexibility index (Phi) is 8.71. The SMILES string of the molecule is C=CC1=C(/C=C\CC2=NC(c3ccccc3)N=C(C3=CC/C=C\CC=C3)N2)c2ccc(-c3ccc4c5ccccc5n(-c5ccccc5)c4c3)cc2C1. The average Bonchev–Trinajstić information content (AvgIpc) is 3.72. The summed E-state index contributed by atoms with van der Waals surface area (Å²) in [5.74, 6) is 1.78. The summed E-state index contributed by atoms with van der Waals surface area (Å²) in [4.78, 5) is 10.1. The Morgan fingerprint density at radius 1 is 0.736 bits per heavy atom. The fraction of sp³-hybridized carbons (Fsp3) is 0.102. The fourth-order valence-corrected chi connectivity index (χ4v) is 7.76. The Hall–Kier alpha value is -6.52. The van der Waals surface area contributed by atoms with Crippen molar-refractivity contribution < 1.29 is 0 Å². The van der Waals surface area contributed by atoms with Crippen molar-refractivity contribution in [1.29, 1.82) is 0 Å². The Bertz CT molecular complexity index is 2590. The van der Waals surface area contributed by atoms with Crippen LogP contribution in [0.25, 0.3) is 44.2 Å². The molecule has 0 amide bonds. The summed E-state index contributed by atoms with van der Waals surface area (Å²) in [7, 11) is 0. The highest BCUT2D eigenvalue weighted by molar-refractivity contribution is 6.12. The molecular formula is C49H40N4. The molecule has 6 aromatic rings. The number of nitrogens with zero attached hydrogens (tertiary/aromatic N) is 3. The minimum atomic E-state index is -0.284. The summed E-state index contributed by atoms with van der Waals surface area (Å²) >= 11 is 0. The van der Waals surface area contributed by atoms with Crippen molar-refractivity contribution in [3.8, 4) is 16.8 Å². The summed E-state index contributed by atoms with van der Waals surface area (Å²) in [5, 5.41) is 6.10. The van der Waals surface area contributed by atoms with E-state index in [0.29, 0.717) is 6.42 Å². The first-order valence-corrected chi connectivity index (χ1v) is 18.5. The number of aliphatic imine (C=N–C) groups is 2. The number of amidine groups is 2. The summed E-state index contributed by atoms with van der Waals surface area (Å²) in [5.41, 5.74) is 13.3. The molecule has 1 unspecified atom stereocenters. The van der Waals surface area contributed by atoms with Crippen LogP contribution in [0, 0.1) is 0 Å². The Morgan fingerprint density at radius 2 is 1.49 bits per heavy atom. The molecule has 0 radical (unpaired) electrons. The van der Waals surface area contributed by atoms with Gasteiger partial charge >= 0.3 is 0 Å². The normalized spacial score (nSPS) is 17.6. The van der Waals surface area contributed by atoms with Crippen LogP contribution in [0.5, 0.6) is 0 Å². The number of allylic oxidation sites excluding steroid dienone is 8. The minimum absolute atomic E-state index is 0.284. The number of benzene rings is 5. The predicted octanol–water partition coefficient (Wildman–Crippen LogP) is 11.8. The van der Waals surface area contributed by atoms with E-state index in [4.69, 9.17) is 9.98 Å². The topological polar surface area (TPSA) is 41.7 Å². The number of aromatic nitrogens is 1. The first-order valence-electron chi connectivity index (χ1n) is 18.5. The van der Waals surface area contributed by atoms with E-state index in [2.05, 4.69) is 174 Å². The van der Waals surface area contributed by atoms with E-state index < -0.39 is 0 Å². The van der Waals surface area contributed by atoms with Gasteiger partial charge in [0.15, 0.2) is 6.17 Å². The maximum absolute atomic E-state index is 5.06. The van der Waals surface area contributed by atoms with Crippen molar-refractivity contribution in [2.45, 2.75) is 31.8 Å². The Balaban J connectivity index is 1.00. The molecule has 0 saturated carbocycles. The second kappa shape index (κ2) is 14.2. The quantitative estimate of drug-likeness (QED) is 0.159. The highest BCUT2D eigenvalue weighted by Gasteiger charge is 2.22. The third kappa shape index (κ3) is 6.34. The molecule has 5 aromatic carbocycles. The van der Waals surface area contributed by atoms with Gasteiger partial charge in [0.2, 0.25) is 0 Å². The maximum atomic E-state index is 5.06. The molecule has 0 saturated heterocycles. The highest BCUT2D eigenvalue weighted by atomic mass is 15.2. The van der Waals surface area contributed by atoms with Gasteiger partial charge in [-0.1, -0.05) is 152 Å². The van der Waals surface area contributed by atoms with Gasteiger partial charge in [-0.15, -0.1) is 0 Å². The van der Waals surface area contributed by atoms with Crippen molar-refractivity contribution >= 4 is 39.1 Å². The molecule has 3 aliphatic rings. The Morgan fingerprint density at radius 3 is 2.36 bits per heavy atom. The molecule has 2 heterocycles.